The van der Waals surface area contributed by atoms with Gasteiger partial charge in [0.1, 0.15) is 11.4 Å². The summed E-state index contributed by atoms with van der Waals surface area (Å²) in [4.78, 5) is 25.9. The summed E-state index contributed by atoms with van der Waals surface area (Å²) in [6.45, 7) is 1.74. The third-order valence-electron chi connectivity index (χ3n) is 2.47. The highest BCUT2D eigenvalue weighted by molar-refractivity contribution is 9.10. The number of nitrogens with one attached hydrogen (secondary N) is 1. The van der Waals surface area contributed by atoms with E-state index in [-0.39, 0.29) is 27.2 Å². The molecule has 2 rings (SSSR count). The fourth-order valence-electron chi connectivity index (χ4n) is 1.64. The van der Waals surface area contributed by atoms with Gasteiger partial charge >= 0.3 is 5.97 Å². The molecule has 0 amide bonds. The summed E-state index contributed by atoms with van der Waals surface area (Å²) in [7, 11) is 0. The van der Waals surface area contributed by atoms with Crippen molar-refractivity contribution in [2.45, 2.75) is 6.92 Å². The fourth-order valence-corrected chi connectivity index (χ4v) is 2.30. The number of fused-ring (bicyclic) bond motifs is 1. The van der Waals surface area contributed by atoms with E-state index in [1.807, 2.05) is 0 Å². The molecule has 0 fully saturated rings. The Balaban J connectivity index is 2.78. The van der Waals surface area contributed by atoms with Crippen LogP contribution in [0.1, 0.15) is 17.3 Å². The average Bonchev–Trinajstić information content (AvgIpc) is 2.32. The van der Waals surface area contributed by atoms with Crippen molar-refractivity contribution in [1.82, 2.24) is 4.98 Å². The van der Waals surface area contributed by atoms with Crippen molar-refractivity contribution in [3.05, 3.63) is 43.4 Å². The van der Waals surface area contributed by atoms with Gasteiger partial charge in [-0.25, -0.2) is 9.18 Å². The molecule has 4 nitrogen and oxygen atoms in total. The summed E-state index contributed by atoms with van der Waals surface area (Å²) < 4.78 is 18.3. The molecule has 0 unspecified atom stereocenters. The molecule has 19 heavy (non-hydrogen) atoms. The molecule has 0 aliphatic heterocycles. The normalized spacial score (nSPS) is 10.7. The van der Waals surface area contributed by atoms with E-state index in [1.165, 1.54) is 6.07 Å². The molecule has 1 N–H and O–H groups in total. The number of carbonyl (C=O) groups is 1. The van der Waals surface area contributed by atoms with Gasteiger partial charge in [0.05, 0.1) is 21.6 Å². The largest absolute Gasteiger partial charge is 0.462 e. The Morgan fingerprint density at radius 1 is 1.53 bits per heavy atom. The first-order chi connectivity index (χ1) is 8.95. The first kappa shape index (κ1) is 14.0. The van der Waals surface area contributed by atoms with Gasteiger partial charge in [-0.3, -0.25) is 4.79 Å². The van der Waals surface area contributed by atoms with Crippen LogP contribution in [0, 0.1) is 5.82 Å². The zero-order chi connectivity index (χ0) is 14.2. The van der Waals surface area contributed by atoms with Gasteiger partial charge in [-0.15, -0.1) is 0 Å². The number of pyridine rings is 1. The van der Waals surface area contributed by atoms with Crippen LogP contribution in [0.2, 0.25) is 5.02 Å². The number of benzene rings is 1. The fraction of sp³-hybridized carbons (Fsp3) is 0.167. The molecule has 0 aliphatic rings. The molecule has 0 atom stereocenters. The maximum atomic E-state index is 13.4. The Bertz CT molecular complexity index is 729. The quantitative estimate of drug-likeness (QED) is 0.848. The maximum absolute atomic E-state index is 13.4. The van der Waals surface area contributed by atoms with Crippen molar-refractivity contribution in [3.63, 3.8) is 0 Å². The Hall–Kier alpha value is -1.40. The van der Waals surface area contributed by atoms with Crippen LogP contribution in [0.4, 0.5) is 4.39 Å². The summed E-state index contributed by atoms with van der Waals surface area (Å²) >= 11 is 9.06. The lowest BCUT2D eigenvalue weighted by molar-refractivity contribution is 0.0524. The molecule has 7 heteroatoms. The average molecular weight is 349 g/mol. The van der Waals surface area contributed by atoms with E-state index in [0.29, 0.717) is 5.39 Å². The molecule has 0 saturated carbocycles. The predicted octanol–water partition coefficient (Wildman–Crippen LogP) is 3.26. The second-order valence-electron chi connectivity index (χ2n) is 3.68. The highest BCUT2D eigenvalue weighted by Gasteiger charge is 2.20. The third kappa shape index (κ3) is 2.50. The Morgan fingerprint density at radius 3 is 2.84 bits per heavy atom. The lowest BCUT2D eigenvalue weighted by atomic mass is 10.1. The predicted molar refractivity (Wildman–Crippen MR) is 73.2 cm³/mol. The molecule has 0 saturated heterocycles. The van der Waals surface area contributed by atoms with E-state index >= 15 is 0 Å². The van der Waals surface area contributed by atoms with Crippen molar-refractivity contribution >= 4 is 44.4 Å². The minimum atomic E-state index is -0.809. The van der Waals surface area contributed by atoms with Crippen molar-refractivity contribution < 1.29 is 13.9 Å². The van der Waals surface area contributed by atoms with Crippen LogP contribution in [0.5, 0.6) is 0 Å². The monoisotopic (exact) mass is 347 g/mol. The van der Waals surface area contributed by atoms with Gasteiger partial charge in [0.2, 0.25) is 0 Å². The summed E-state index contributed by atoms with van der Waals surface area (Å²) in [6, 6.07) is 2.52. The van der Waals surface area contributed by atoms with E-state index in [9.17, 15) is 14.0 Å². The Morgan fingerprint density at radius 2 is 2.21 bits per heavy atom. The number of aromatic amines is 1. The number of H-pyrrole nitrogens is 1. The van der Waals surface area contributed by atoms with Crippen LogP contribution in [0.25, 0.3) is 10.9 Å². The highest BCUT2D eigenvalue weighted by Crippen LogP contribution is 2.28. The van der Waals surface area contributed by atoms with E-state index < -0.39 is 17.3 Å². The van der Waals surface area contributed by atoms with Gasteiger partial charge in [-0.05, 0) is 35.0 Å². The number of rotatable bonds is 2. The molecule has 0 radical (unpaired) electrons. The second kappa shape index (κ2) is 5.30. The number of aromatic nitrogens is 1. The molecule has 0 spiro atoms. The van der Waals surface area contributed by atoms with Crippen LogP contribution in [-0.4, -0.2) is 17.6 Å². The Labute approximate surface area is 120 Å². The highest BCUT2D eigenvalue weighted by atomic mass is 79.9. The number of esters is 1. The minimum Gasteiger partial charge on any atom is -0.462 e. The molecule has 2 aromatic rings. The maximum Gasteiger partial charge on any atom is 0.345 e. The van der Waals surface area contributed by atoms with Crippen LogP contribution in [0.15, 0.2) is 21.4 Å². The molecule has 1 aromatic carbocycles. The number of halogens is 3. The lowest BCUT2D eigenvalue weighted by Gasteiger charge is -2.07. The first-order valence-corrected chi connectivity index (χ1v) is 6.50. The van der Waals surface area contributed by atoms with E-state index in [0.717, 1.165) is 6.07 Å². The van der Waals surface area contributed by atoms with Gasteiger partial charge in [-0.1, -0.05) is 11.6 Å². The van der Waals surface area contributed by atoms with Crippen molar-refractivity contribution in [1.29, 1.82) is 0 Å². The number of ether oxygens (including phenoxy) is 1. The van der Waals surface area contributed by atoms with Crippen LogP contribution in [0.3, 0.4) is 0 Å². The van der Waals surface area contributed by atoms with E-state index in [2.05, 4.69) is 20.9 Å². The number of carbonyl (C=O) groups excluding carboxylic acids is 1. The lowest BCUT2D eigenvalue weighted by Crippen LogP contribution is -2.20. The number of hydrogen-bond donors (Lipinski definition) is 1. The number of hydrogen-bond acceptors (Lipinski definition) is 3. The van der Waals surface area contributed by atoms with Gasteiger partial charge in [0, 0.05) is 5.39 Å². The van der Waals surface area contributed by atoms with Gasteiger partial charge < -0.3 is 9.72 Å². The molecule has 1 aromatic heterocycles. The standard InChI is InChI=1S/C12H8BrClFNO3/c1-2-19-12(18)9-10(14)5-3-6(13)7(15)4-8(5)16-11(9)17/h3-4H,2H2,1H3,(H,16,17). The van der Waals surface area contributed by atoms with Crippen molar-refractivity contribution in [2.75, 3.05) is 6.61 Å². The van der Waals surface area contributed by atoms with Gasteiger partial charge in [0.15, 0.2) is 0 Å². The molecule has 0 bridgehead atoms. The zero-order valence-corrected chi connectivity index (χ0v) is 12.1. The molecule has 1 heterocycles. The van der Waals surface area contributed by atoms with Crippen LogP contribution in [-0.2, 0) is 4.74 Å². The van der Waals surface area contributed by atoms with E-state index in [1.54, 1.807) is 6.92 Å². The third-order valence-corrected chi connectivity index (χ3v) is 3.47. The zero-order valence-electron chi connectivity index (χ0n) is 9.72. The van der Waals surface area contributed by atoms with Crippen molar-refractivity contribution in [2.24, 2.45) is 0 Å². The van der Waals surface area contributed by atoms with Crippen LogP contribution < -0.4 is 5.56 Å². The topological polar surface area (TPSA) is 59.2 Å². The molecular weight excluding hydrogens is 340 g/mol. The molecule has 0 aliphatic carbocycles. The first-order valence-electron chi connectivity index (χ1n) is 5.33. The van der Waals surface area contributed by atoms with E-state index in [4.69, 9.17) is 16.3 Å². The summed E-state index contributed by atoms with van der Waals surface area (Å²) in [5, 5.41) is 0.301. The molecular formula is C12H8BrClFNO3. The minimum absolute atomic E-state index is 0.0575. The van der Waals surface area contributed by atoms with Gasteiger partial charge in [0.25, 0.3) is 5.56 Å². The molecule has 100 valence electrons. The van der Waals surface area contributed by atoms with Gasteiger partial charge in [-0.2, -0.15) is 0 Å². The summed E-state index contributed by atoms with van der Waals surface area (Å²) in [6.07, 6.45) is 0. The summed E-state index contributed by atoms with van der Waals surface area (Å²) in [5.41, 5.74) is -0.782. The van der Waals surface area contributed by atoms with Crippen LogP contribution >= 0.6 is 27.5 Å². The SMILES string of the molecule is CCOC(=O)c1c(Cl)c2cc(Br)c(F)cc2[nH]c1=O. The summed E-state index contributed by atoms with van der Waals surface area (Å²) in [5.74, 6) is -1.35. The Kier molecular flexibility index (Phi) is 3.91. The second-order valence-corrected chi connectivity index (χ2v) is 4.91. The smallest absolute Gasteiger partial charge is 0.345 e. The van der Waals surface area contributed by atoms with Crippen molar-refractivity contribution in [3.8, 4) is 0 Å².